The number of phenolic OH excluding ortho intramolecular Hbond substituents is 2. The molecule has 3 heteroatoms. The van der Waals surface area contributed by atoms with E-state index in [0.717, 1.165) is 10.6 Å². The van der Waals surface area contributed by atoms with Gasteiger partial charge in [-0.05, 0) is 30.4 Å². The van der Waals surface area contributed by atoms with Crippen molar-refractivity contribution >= 4 is 11.8 Å². The Morgan fingerprint density at radius 1 is 1.23 bits per heavy atom. The van der Waals surface area contributed by atoms with E-state index < -0.39 is 0 Å². The smallest absolute Gasteiger partial charge is 0.158 e. The molecule has 0 aliphatic carbocycles. The van der Waals surface area contributed by atoms with Crippen LogP contribution in [0.25, 0.3) is 0 Å². The molecular weight excluding hydrogens is 184 g/mol. The minimum Gasteiger partial charge on any atom is -0.504 e. The van der Waals surface area contributed by atoms with Gasteiger partial charge in [0.15, 0.2) is 11.5 Å². The van der Waals surface area contributed by atoms with Crippen molar-refractivity contribution in [1.82, 2.24) is 0 Å². The van der Waals surface area contributed by atoms with Crippen LogP contribution < -0.4 is 0 Å². The Morgan fingerprint density at radius 2 is 2.00 bits per heavy atom. The van der Waals surface area contributed by atoms with Crippen LogP contribution in [0.1, 0.15) is 19.8 Å². The van der Waals surface area contributed by atoms with Crippen LogP contribution in [0.4, 0.5) is 0 Å². The number of benzene rings is 1. The molecule has 2 N–H and O–H groups in total. The van der Waals surface area contributed by atoms with E-state index in [1.54, 1.807) is 17.8 Å². The SMILES string of the molecule is CCCCSc1ccc(O)c(O)c1. The number of hydrogen-bond donors (Lipinski definition) is 2. The third-order valence-electron chi connectivity index (χ3n) is 1.71. The molecule has 0 spiro atoms. The number of unbranched alkanes of at least 4 members (excludes halogenated alkanes) is 1. The molecule has 0 saturated heterocycles. The molecule has 0 unspecified atom stereocenters. The lowest BCUT2D eigenvalue weighted by atomic mass is 10.3. The molecule has 1 aromatic carbocycles. The number of hydrogen-bond acceptors (Lipinski definition) is 3. The first-order chi connectivity index (χ1) is 6.24. The topological polar surface area (TPSA) is 40.5 Å². The first kappa shape index (κ1) is 10.3. The van der Waals surface area contributed by atoms with Crippen LogP contribution in [-0.2, 0) is 0 Å². The van der Waals surface area contributed by atoms with Crippen LogP contribution in [0.2, 0.25) is 0 Å². The van der Waals surface area contributed by atoms with Crippen molar-refractivity contribution in [2.45, 2.75) is 24.7 Å². The lowest BCUT2D eigenvalue weighted by Crippen LogP contribution is -1.78. The van der Waals surface area contributed by atoms with Crippen molar-refractivity contribution in [2.24, 2.45) is 0 Å². The van der Waals surface area contributed by atoms with Gasteiger partial charge in [0.2, 0.25) is 0 Å². The summed E-state index contributed by atoms with van der Waals surface area (Å²) >= 11 is 1.70. The lowest BCUT2D eigenvalue weighted by Gasteiger charge is -2.02. The van der Waals surface area contributed by atoms with Gasteiger partial charge in [-0.3, -0.25) is 0 Å². The Morgan fingerprint density at radius 3 is 2.62 bits per heavy atom. The zero-order chi connectivity index (χ0) is 9.68. The fraction of sp³-hybridized carbons (Fsp3) is 0.400. The molecule has 0 amide bonds. The second kappa shape index (κ2) is 5.02. The summed E-state index contributed by atoms with van der Waals surface area (Å²) in [6, 6.07) is 4.93. The Balaban J connectivity index is 2.53. The van der Waals surface area contributed by atoms with Gasteiger partial charge in [-0.1, -0.05) is 13.3 Å². The van der Waals surface area contributed by atoms with E-state index in [2.05, 4.69) is 6.92 Å². The summed E-state index contributed by atoms with van der Waals surface area (Å²) in [6.45, 7) is 2.15. The average Bonchev–Trinajstić information content (AvgIpc) is 2.12. The molecule has 13 heavy (non-hydrogen) atoms. The third kappa shape index (κ3) is 3.19. The molecule has 2 nitrogen and oxygen atoms in total. The van der Waals surface area contributed by atoms with E-state index in [1.165, 1.54) is 18.9 Å². The van der Waals surface area contributed by atoms with E-state index in [0.29, 0.717) is 0 Å². The van der Waals surface area contributed by atoms with E-state index >= 15 is 0 Å². The Hall–Kier alpha value is -0.830. The van der Waals surface area contributed by atoms with Crippen LogP contribution in [0, 0.1) is 0 Å². The van der Waals surface area contributed by atoms with Crippen molar-refractivity contribution in [2.75, 3.05) is 5.75 Å². The fourth-order valence-corrected chi connectivity index (χ4v) is 1.96. The molecule has 0 heterocycles. The lowest BCUT2D eigenvalue weighted by molar-refractivity contribution is 0.402. The van der Waals surface area contributed by atoms with Gasteiger partial charge in [-0.2, -0.15) is 0 Å². The minimum atomic E-state index is -0.0557. The number of thioether (sulfide) groups is 1. The minimum absolute atomic E-state index is 0.0403. The number of aromatic hydroxyl groups is 2. The average molecular weight is 198 g/mol. The highest BCUT2D eigenvalue weighted by atomic mass is 32.2. The summed E-state index contributed by atoms with van der Waals surface area (Å²) in [5.74, 6) is 0.960. The summed E-state index contributed by atoms with van der Waals surface area (Å²) in [4.78, 5) is 1.00. The summed E-state index contributed by atoms with van der Waals surface area (Å²) < 4.78 is 0. The monoisotopic (exact) mass is 198 g/mol. The highest BCUT2D eigenvalue weighted by molar-refractivity contribution is 7.99. The molecular formula is C10H14O2S. The third-order valence-corrected chi connectivity index (χ3v) is 2.79. The predicted octanol–water partition coefficient (Wildman–Crippen LogP) is 2.99. The summed E-state index contributed by atoms with van der Waals surface area (Å²) in [5.41, 5.74) is 0. The van der Waals surface area contributed by atoms with Crippen molar-refractivity contribution in [3.63, 3.8) is 0 Å². The molecule has 1 rings (SSSR count). The number of phenols is 2. The highest BCUT2D eigenvalue weighted by Gasteiger charge is 2.00. The zero-order valence-corrected chi connectivity index (χ0v) is 8.47. The number of rotatable bonds is 4. The second-order valence-corrected chi connectivity index (χ2v) is 4.02. The molecule has 0 radical (unpaired) electrons. The summed E-state index contributed by atoms with van der Waals surface area (Å²) in [6.07, 6.45) is 2.35. The van der Waals surface area contributed by atoms with Gasteiger partial charge in [0.05, 0.1) is 0 Å². The zero-order valence-electron chi connectivity index (χ0n) is 7.66. The molecule has 0 saturated carbocycles. The standard InChI is InChI=1S/C10H14O2S/c1-2-3-6-13-8-4-5-9(11)10(12)7-8/h4-5,7,11-12H,2-3,6H2,1H3. The van der Waals surface area contributed by atoms with Gasteiger partial charge in [0, 0.05) is 4.90 Å². The quantitative estimate of drug-likeness (QED) is 0.444. The normalized spacial score (nSPS) is 10.2. The van der Waals surface area contributed by atoms with Gasteiger partial charge in [-0.15, -0.1) is 11.8 Å². The molecule has 0 aliphatic heterocycles. The summed E-state index contributed by atoms with van der Waals surface area (Å²) in [7, 11) is 0. The highest BCUT2D eigenvalue weighted by Crippen LogP contribution is 2.30. The first-order valence-corrected chi connectivity index (χ1v) is 5.37. The maximum Gasteiger partial charge on any atom is 0.158 e. The molecule has 72 valence electrons. The predicted molar refractivity (Wildman–Crippen MR) is 55.4 cm³/mol. The van der Waals surface area contributed by atoms with E-state index in [9.17, 15) is 5.11 Å². The molecule has 0 atom stereocenters. The molecule has 0 bridgehead atoms. The maximum absolute atomic E-state index is 9.19. The molecule has 0 aliphatic rings. The van der Waals surface area contributed by atoms with Crippen molar-refractivity contribution in [3.05, 3.63) is 18.2 Å². The second-order valence-electron chi connectivity index (χ2n) is 2.85. The van der Waals surface area contributed by atoms with Gasteiger partial charge in [0.25, 0.3) is 0 Å². The van der Waals surface area contributed by atoms with Crippen molar-refractivity contribution in [3.8, 4) is 11.5 Å². The molecule has 0 fully saturated rings. The van der Waals surface area contributed by atoms with E-state index in [4.69, 9.17) is 5.11 Å². The van der Waals surface area contributed by atoms with Crippen LogP contribution in [0.15, 0.2) is 23.1 Å². The van der Waals surface area contributed by atoms with Gasteiger partial charge in [0.1, 0.15) is 0 Å². The van der Waals surface area contributed by atoms with Crippen molar-refractivity contribution < 1.29 is 10.2 Å². The summed E-state index contributed by atoms with van der Waals surface area (Å²) in [5, 5.41) is 18.2. The molecule has 1 aromatic rings. The van der Waals surface area contributed by atoms with Gasteiger partial charge in [-0.25, -0.2) is 0 Å². The van der Waals surface area contributed by atoms with Crippen LogP contribution >= 0.6 is 11.8 Å². The largest absolute Gasteiger partial charge is 0.504 e. The Kier molecular flexibility index (Phi) is 3.96. The Labute approximate surface area is 82.6 Å². The van der Waals surface area contributed by atoms with Gasteiger partial charge >= 0.3 is 0 Å². The Bertz CT molecular complexity index is 274. The molecule has 0 aromatic heterocycles. The van der Waals surface area contributed by atoms with E-state index in [-0.39, 0.29) is 11.5 Å². The van der Waals surface area contributed by atoms with Crippen LogP contribution in [-0.4, -0.2) is 16.0 Å². The fourth-order valence-electron chi connectivity index (χ4n) is 0.927. The van der Waals surface area contributed by atoms with Crippen molar-refractivity contribution in [1.29, 1.82) is 0 Å². The van der Waals surface area contributed by atoms with Gasteiger partial charge < -0.3 is 10.2 Å². The van der Waals surface area contributed by atoms with E-state index in [1.807, 2.05) is 6.07 Å². The maximum atomic E-state index is 9.19. The first-order valence-electron chi connectivity index (χ1n) is 4.39. The van der Waals surface area contributed by atoms with Crippen LogP contribution in [0.5, 0.6) is 11.5 Å². The van der Waals surface area contributed by atoms with Crippen LogP contribution in [0.3, 0.4) is 0 Å².